The van der Waals surface area contributed by atoms with Crippen LogP contribution in [-0.4, -0.2) is 27.4 Å². The molecule has 29 heavy (non-hydrogen) atoms. The maximum absolute atomic E-state index is 13.4. The number of pyridine rings is 2. The number of amides is 2. The van der Waals surface area contributed by atoms with Crippen LogP contribution in [0.2, 0.25) is 5.02 Å². The molecule has 1 unspecified atom stereocenters. The summed E-state index contributed by atoms with van der Waals surface area (Å²) in [4.78, 5) is 33.6. The van der Waals surface area contributed by atoms with Crippen molar-refractivity contribution >= 4 is 34.1 Å². The van der Waals surface area contributed by atoms with Crippen LogP contribution in [0.25, 0.3) is 10.8 Å². The Hall–Kier alpha value is -2.93. The van der Waals surface area contributed by atoms with Crippen molar-refractivity contribution in [1.29, 1.82) is 0 Å². The number of rotatable bonds is 6. The van der Waals surface area contributed by atoms with E-state index < -0.39 is 5.82 Å². The zero-order valence-corrected chi connectivity index (χ0v) is 17.0. The second kappa shape index (κ2) is 9.05. The maximum Gasteiger partial charge on any atom is 0.322 e. The quantitative estimate of drug-likeness (QED) is 0.586. The van der Waals surface area contributed by atoms with Crippen molar-refractivity contribution in [3.05, 3.63) is 69.6 Å². The number of nitrogens with one attached hydrogen (secondary N) is 2. The lowest BCUT2D eigenvalue weighted by molar-refractivity contribution is 0.192. The Balaban J connectivity index is 1.93. The van der Waals surface area contributed by atoms with Crippen molar-refractivity contribution in [2.75, 3.05) is 11.9 Å². The second-order valence-corrected chi connectivity index (χ2v) is 7.18. The van der Waals surface area contributed by atoms with Crippen molar-refractivity contribution in [2.45, 2.75) is 32.7 Å². The average Bonchev–Trinajstić information content (AvgIpc) is 2.71. The smallest absolute Gasteiger partial charge is 0.322 e. The molecule has 6 nitrogen and oxygen atoms in total. The Morgan fingerprint density at radius 2 is 2.14 bits per heavy atom. The van der Waals surface area contributed by atoms with Gasteiger partial charge < -0.3 is 15.2 Å². The van der Waals surface area contributed by atoms with E-state index in [2.05, 4.69) is 15.3 Å². The van der Waals surface area contributed by atoms with Gasteiger partial charge in [0.25, 0.3) is 5.56 Å². The molecule has 0 aliphatic heterocycles. The minimum absolute atomic E-state index is 0.0601. The van der Waals surface area contributed by atoms with E-state index in [1.165, 1.54) is 24.4 Å². The number of hydrogen-bond acceptors (Lipinski definition) is 3. The van der Waals surface area contributed by atoms with Gasteiger partial charge in [-0.3, -0.25) is 9.78 Å². The zero-order chi connectivity index (χ0) is 21.0. The number of carbonyl (C=O) groups excluding carboxylic acids is 1. The molecular formula is C21H22ClFN4O2. The summed E-state index contributed by atoms with van der Waals surface area (Å²) in [6.07, 6.45) is 6.49. The van der Waals surface area contributed by atoms with Crippen LogP contribution in [0, 0.1) is 5.82 Å². The molecule has 0 fully saturated rings. The molecule has 2 aromatic heterocycles. The predicted molar refractivity (Wildman–Crippen MR) is 113 cm³/mol. The van der Waals surface area contributed by atoms with Gasteiger partial charge in [-0.05, 0) is 48.6 Å². The molecule has 2 heterocycles. The van der Waals surface area contributed by atoms with Crippen LogP contribution in [0.3, 0.4) is 0 Å². The first-order valence-corrected chi connectivity index (χ1v) is 9.78. The normalized spacial score (nSPS) is 12.0. The summed E-state index contributed by atoms with van der Waals surface area (Å²) in [6, 6.07) is 5.16. The summed E-state index contributed by atoms with van der Waals surface area (Å²) in [5.74, 6) is -0.547. The Bertz CT molecular complexity index is 1090. The van der Waals surface area contributed by atoms with Crippen LogP contribution in [0.15, 0.2) is 47.7 Å². The number of fused-ring (bicyclic) bond motifs is 1. The fraction of sp³-hybridized carbons (Fsp3) is 0.286. The first kappa shape index (κ1) is 20.8. The molecule has 3 aromatic rings. The highest BCUT2D eigenvalue weighted by Crippen LogP contribution is 2.27. The van der Waals surface area contributed by atoms with Crippen molar-refractivity contribution in [2.24, 2.45) is 0 Å². The minimum Gasteiger partial charge on any atom is -0.328 e. The van der Waals surface area contributed by atoms with Gasteiger partial charge in [0.2, 0.25) is 0 Å². The first-order chi connectivity index (χ1) is 13.9. The monoisotopic (exact) mass is 416 g/mol. The number of aromatic nitrogens is 2. The van der Waals surface area contributed by atoms with Crippen LogP contribution < -0.4 is 10.9 Å². The number of carbonyl (C=O) groups is 1. The molecule has 1 aromatic carbocycles. The first-order valence-electron chi connectivity index (χ1n) is 9.40. The number of benzene rings is 1. The lowest BCUT2D eigenvalue weighted by Gasteiger charge is -2.30. The number of H-pyrrole nitrogens is 1. The second-order valence-electron chi connectivity index (χ2n) is 6.78. The van der Waals surface area contributed by atoms with Gasteiger partial charge in [-0.25, -0.2) is 9.18 Å². The van der Waals surface area contributed by atoms with E-state index in [0.29, 0.717) is 17.6 Å². The third-order valence-corrected chi connectivity index (χ3v) is 5.13. The lowest BCUT2D eigenvalue weighted by Crippen LogP contribution is -2.38. The van der Waals surface area contributed by atoms with Crippen LogP contribution >= 0.6 is 11.6 Å². The number of nitrogens with zero attached hydrogens (tertiary/aromatic N) is 2. The van der Waals surface area contributed by atoms with E-state index in [9.17, 15) is 14.0 Å². The molecule has 0 aliphatic carbocycles. The number of hydrogen-bond donors (Lipinski definition) is 2. The molecule has 0 saturated heterocycles. The summed E-state index contributed by atoms with van der Waals surface area (Å²) in [5.41, 5.74) is 0.991. The van der Waals surface area contributed by atoms with Gasteiger partial charge in [0.05, 0.1) is 16.5 Å². The van der Waals surface area contributed by atoms with Crippen LogP contribution in [0.5, 0.6) is 0 Å². The fourth-order valence-corrected chi connectivity index (χ4v) is 3.39. The van der Waals surface area contributed by atoms with Crippen LogP contribution in [0.4, 0.5) is 14.9 Å². The summed E-state index contributed by atoms with van der Waals surface area (Å²) < 4.78 is 13.4. The van der Waals surface area contributed by atoms with Gasteiger partial charge in [-0.2, -0.15) is 0 Å². The van der Waals surface area contributed by atoms with Gasteiger partial charge in [-0.15, -0.1) is 0 Å². The van der Waals surface area contributed by atoms with Crippen molar-refractivity contribution in [3.63, 3.8) is 0 Å². The lowest BCUT2D eigenvalue weighted by atomic mass is 10.0. The minimum atomic E-state index is -0.547. The molecule has 0 bridgehead atoms. The SMILES string of the molecule is CCCCN(C(=O)Nc1ccc(F)c(Cl)c1)C(C)c1c[nH]c(=O)c2cnccc12. The van der Waals surface area contributed by atoms with Gasteiger partial charge in [0.15, 0.2) is 0 Å². The van der Waals surface area contributed by atoms with E-state index in [1.54, 1.807) is 23.4 Å². The van der Waals surface area contributed by atoms with E-state index in [4.69, 9.17) is 11.6 Å². The third-order valence-electron chi connectivity index (χ3n) is 4.84. The summed E-state index contributed by atoms with van der Waals surface area (Å²) in [6.45, 7) is 4.46. The molecule has 0 aliphatic rings. The molecule has 3 rings (SSSR count). The molecule has 8 heteroatoms. The van der Waals surface area contributed by atoms with Crippen LogP contribution in [-0.2, 0) is 0 Å². The molecule has 0 radical (unpaired) electrons. The predicted octanol–water partition coefficient (Wildman–Crippen LogP) is 5.11. The number of urea groups is 1. The summed E-state index contributed by atoms with van der Waals surface area (Å²) >= 11 is 5.82. The molecule has 1 atom stereocenters. The molecule has 0 spiro atoms. The zero-order valence-electron chi connectivity index (χ0n) is 16.2. The van der Waals surface area contributed by atoms with Gasteiger partial charge in [0.1, 0.15) is 5.82 Å². The highest BCUT2D eigenvalue weighted by molar-refractivity contribution is 6.31. The van der Waals surface area contributed by atoms with E-state index in [0.717, 1.165) is 23.8 Å². The fourth-order valence-electron chi connectivity index (χ4n) is 3.21. The molecular weight excluding hydrogens is 395 g/mol. The Morgan fingerprint density at radius 1 is 1.34 bits per heavy atom. The Kier molecular flexibility index (Phi) is 6.49. The Labute approximate surface area is 172 Å². The van der Waals surface area contributed by atoms with Gasteiger partial charge in [-0.1, -0.05) is 24.9 Å². The molecule has 2 amide bonds. The standard InChI is InChI=1S/C21H22ClFN4O2/c1-3-4-9-27(21(29)26-14-5-6-19(23)18(22)10-14)13(2)16-12-25-20(28)17-11-24-8-7-15(16)17/h5-8,10-13H,3-4,9H2,1-2H3,(H,25,28)(H,26,29). The molecule has 152 valence electrons. The number of halogens is 2. The molecule has 2 N–H and O–H groups in total. The van der Waals surface area contributed by atoms with Gasteiger partial charge in [0, 0.05) is 30.8 Å². The highest BCUT2D eigenvalue weighted by atomic mass is 35.5. The van der Waals surface area contributed by atoms with E-state index in [-0.39, 0.29) is 22.7 Å². The molecule has 0 saturated carbocycles. The topological polar surface area (TPSA) is 78.1 Å². The Morgan fingerprint density at radius 3 is 2.86 bits per heavy atom. The van der Waals surface area contributed by atoms with Crippen molar-refractivity contribution < 1.29 is 9.18 Å². The van der Waals surface area contributed by atoms with Crippen molar-refractivity contribution in [1.82, 2.24) is 14.9 Å². The largest absolute Gasteiger partial charge is 0.328 e. The van der Waals surface area contributed by atoms with E-state index >= 15 is 0 Å². The van der Waals surface area contributed by atoms with Crippen LogP contribution in [0.1, 0.15) is 38.3 Å². The van der Waals surface area contributed by atoms with Crippen molar-refractivity contribution in [3.8, 4) is 0 Å². The number of aromatic amines is 1. The maximum atomic E-state index is 13.4. The third kappa shape index (κ3) is 4.56. The van der Waals surface area contributed by atoms with Gasteiger partial charge >= 0.3 is 6.03 Å². The number of unbranched alkanes of at least 4 members (excludes halogenated alkanes) is 1. The number of anilines is 1. The highest BCUT2D eigenvalue weighted by Gasteiger charge is 2.23. The summed E-state index contributed by atoms with van der Waals surface area (Å²) in [7, 11) is 0. The average molecular weight is 417 g/mol. The van der Waals surface area contributed by atoms with E-state index in [1.807, 2.05) is 13.8 Å². The summed E-state index contributed by atoms with van der Waals surface area (Å²) in [5, 5.41) is 3.94.